The molecule has 6 heteroatoms. The lowest BCUT2D eigenvalue weighted by atomic mass is 9.33. The molecule has 1 amide bonds. The summed E-state index contributed by atoms with van der Waals surface area (Å²) in [6, 6.07) is 2.23. The van der Waals surface area contributed by atoms with Gasteiger partial charge in [-0.2, -0.15) is 5.26 Å². The molecule has 9 atom stereocenters. The summed E-state index contributed by atoms with van der Waals surface area (Å²) in [6.45, 7) is 13.0. The third kappa shape index (κ3) is 3.34. The Labute approximate surface area is 221 Å². The Bertz CT molecular complexity index is 1080. The number of hydrogen-bond donors (Lipinski definition) is 1. The Balaban J connectivity index is 1.54. The lowest BCUT2D eigenvalue weighted by molar-refractivity contribution is -0.218. The van der Waals surface area contributed by atoms with Crippen molar-refractivity contribution in [2.75, 3.05) is 6.54 Å². The van der Waals surface area contributed by atoms with Crippen LogP contribution in [0.2, 0.25) is 0 Å². The Morgan fingerprint density at radius 2 is 1.73 bits per heavy atom. The van der Waals surface area contributed by atoms with E-state index in [-0.39, 0.29) is 39.8 Å². The average molecular weight is 515 g/mol. The molecule has 0 aromatic carbocycles. The summed E-state index contributed by atoms with van der Waals surface area (Å²) in [5.41, 5.74) is -0.959. The lowest BCUT2D eigenvalue weighted by Gasteiger charge is -2.71. The van der Waals surface area contributed by atoms with Crippen LogP contribution in [0.3, 0.4) is 0 Å². The number of halogens is 2. The number of alkyl halides is 2. The zero-order chi connectivity index (χ0) is 27.2. The third-order valence-corrected chi connectivity index (χ3v) is 13.1. The maximum Gasteiger partial charge on any atom is 0.255 e. The second kappa shape index (κ2) is 8.36. The summed E-state index contributed by atoms with van der Waals surface area (Å²) in [4.78, 5) is 26.7. The van der Waals surface area contributed by atoms with Crippen LogP contribution in [0.5, 0.6) is 0 Å². The molecule has 0 saturated heterocycles. The van der Waals surface area contributed by atoms with Crippen molar-refractivity contribution < 1.29 is 18.4 Å². The van der Waals surface area contributed by atoms with Gasteiger partial charge in [0, 0.05) is 5.41 Å². The molecule has 0 aromatic heterocycles. The van der Waals surface area contributed by atoms with Gasteiger partial charge in [0.25, 0.3) is 6.43 Å². The smallest absolute Gasteiger partial charge is 0.255 e. The SMILES string of the molecule is CC1CCC2(C(=O)NCC(F)F)CC[C@]3(C)C(CCC4C3(C)CCC3C(C)(C)C(=O)C(C#N)=C[C@@]34C)C12. The van der Waals surface area contributed by atoms with E-state index >= 15 is 0 Å². The van der Waals surface area contributed by atoms with Gasteiger partial charge in [-0.25, -0.2) is 8.78 Å². The highest BCUT2D eigenvalue weighted by atomic mass is 19.3. The van der Waals surface area contributed by atoms with E-state index < -0.39 is 23.8 Å². The summed E-state index contributed by atoms with van der Waals surface area (Å²) >= 11 is 0. The first-order valence-corrected chi connectivity index (χ1v) is 14.4. The normalized spacial score (nSPS) is 48.2. The second-order valence-corrected chi connectivity index (χ2v) is 14.5. The van der Waals surface area contributed by atoms with Crippen LogP contribution in [0.4, 0.5) is 8.78 Å². The van der Waals surface area contributed by atoms with E-state index in [2.05, 4.69) is 39.1 Å². The minimum atomic E-state index is -2.53. The van der Waals surface area contributed by atoms with Crippen molar-refractivity contribution in [1.29, 1.82) is 5.26 Å². The first kappa shape index (κ1) is 26.8. The molecule has 4 nitrogen and oxygen atoms in total. The van der Waals surface area contributed by atoms with E-state index in [4.69, 9.17) is 0 Å². The quantitative estimate of drug-likeness (QED) is 0.455. The van der Waals surface area contributed by atoms with Gasteiger partial charge in [-0.15, -0.1) is 0 Å². The molecule has 5 aliphatic rings. The Morgan fingerprint density at radius 1 is 1.03 bits per heavy atom. The molecule has 0 heterocycles. The number of amides is 1. The topological polar surface area (TPSA) is 70.0 Å². The number of carbonyl (C=O) groups excluding carboxylic acids is 2. The van der Waals surface area contributed by atoms with Gasteiger partial charge in [0.1, 0.15) is 6.07 Å². The molecule has 0 aliphatic heterocycles. The lowest BCUT2D eigenvalue weighted by Crippen LogP contribution is -2.66. The fourth-order valence-corrected chi connectivity index (χ4v) is 11.3. The highest BCUT2D eigenvalue weighted by molar-refractivity contribution is 6.04. The van der Waals surface area contributed by atoms with Gasteiger partial charge in [0.15, 0.2) is 5.78 Å². The molecular formula is C31H44F2N2O2. The Kier molecular flexibility index (Phi) is 6.06. The van der Waals surface area contributed by atoms with Crippen LogP contribution in [0.1, 0.15) is 92.9 Å². The number of hydrogen-bond acceptors (Lipinski definition) is 3. The van der Waals surface area contributed by atoms with Crippen LogP contribution < -0.4 is 5.32 Å². The van der Waals surface area contributed by atoms with Crippen molar-refractivity contribution in [2.24, 2.45) is 56.7 Å². The molecule has 0 aromatic rings. The number of nitriles is 1. The highest BCUT2D eigenvalue weighted by Gasteiger charge is 2.71. The van der Waals surface area contributed by atoms with Crippen molar-refractivity contribution in [1.82, 2.24) is 5.32 Å². The van der Waals surface area contributed by atoms with Gasteiger partial charge in [-0.3, -0.25) is 9.59 Å². The van der Waals surface area contributed by atoms with Gasteiger partial charge in [-0.05, 0) is 97.2 Å². The second-order valence-electron chi connectivity index (χ2n) is 14.5. The number of rotatable bonds is 3. The fraction of sp³-hybridized carbons (Fsp3) is 0.839. The number of nitrogens with zero attached hydrogens (tertiary/aromatic N) is 1. The maximum absolute atomic E-state index is 13.5. The first-order chi connectivity index (χ1) is 17.2. The minimum absolute atomic E-state index is 0.0157. The number of fused-ring (bicyclic) bond motifs is 7. The number of ketones is 1. The van der Waals surface area contributed by atoms with E-state index in [1.165, 1.54) is 0 Å². The molecule has 0 bridgehead atoms. The first-order valence-electron chi connectivity index (χ1n) is 14.4. The van der Waals surface area contributed by atoms with Crippen molar-refractivity contribution in [3.63, 3.8) is 0 Å². The molecule has 204 valence electrons. The molecule has 4 saturated carbocycles. The van der Waals surface area contributed by atoms with E-state index in [9.17, 15) is 23.6 Å². The largest absolute Gasteiger partial charge is 0.350 e. The van der Waals surface area contributed by atoms with Crippen molar-refractivity contribution >= 4 is 11.7 Å². The van der Waals surface area contributed by atoms with Crippen LogP contribution >= 0.6 is 0 Å². The monoisotopic (exact) mass is 514 g/mol. The predicted molar refractivity (Wildman–Crippen MR) is 138 cm³/mol. The summed E-state index contributed by atoms with van der Waals surface area (Å²) in [5, 5.41) is 12.5. The van der Waals surface area contributed by atoms with E-state index in [1.807, 2.05) is 19.9 Å². The van der Waals surface area contributed by atoms with Crippen LogP contribution in [-0.2, 0) is 9.59 Å². The number of nitrogens with one attached hydrogen (secondary N) is 1. The van der Waals surface area contributed by atoms with Gasteiger partial charge in [0.2, 0.25) is 5.91 Å². The fourth-order valence-electron chi connectivity index (χ4n) is 11.3. The van der Waals surface area contributed by atoms with E-state index in [0.29, 0.717) is 23.3 Å². The molecular weight excluding hydrogens is 470 g/mol. The van der Waals surface area contributed by atoms with Crippen LogP contribution in [0, 0.1) is 68.0 Å². The number of carbonyl (C=O) groups is 2. The predicted octanol–water partition coefficient (Wildman–Crippen LogP) is 6.71. The van der Waals surface area contributed by atoms with Crippen molar-refractivity contribution in [3.8, 4) is 6.07 Å². The molecule has 0 spiro atoms. The Hall–Kier alpha value is -1.77. The number of allylic oxidation sites excluding steroid dienone is 2. The maximum atomic E-state index is 13.5. The van der Waals surface area contributed by atoms with Gasteiger partial charge < -0.3 is 5.32 Å². The Morgan fingerprint density at radius 3 is 2.38 bits per heavy atom. The molecule has 4 fully saturated rings. The van der Waals surface area contributed by atoms with Gasteiger partial charge in [-0.1, -0.05) is 47.6 Å². The highest BCUT2D eigenvalue weighted by Crippen LogP contribution is 2.76. The van der Waals surface area contributed by atoms with Crippen LogP contribution in [-0.4, -0.2) is 24.7 Å². The summed E-state index contributed by atoms with van der Waals surface area (Å²) < 4.78 is 26.0. The minimum Gasteiger partial charge on any atom is -0.350 e. The summed E-state index contributed by atoms with van der Waals surface area (Å²) in [7, 11) is 0. The van der Waals surface area contributed by atoms with Crippen LogP contribution in [0.15, 0.2) is 11.6 Å². The molecule has 0 radical (unpaired) electrons. The molecule has 7 unspecified atom stereocenters. The molecule has 37 heavy (non-hydrogen) atoms. The standard InChI is InChI=1S/C31H44F2N2O2/c1-18-9-12-31(26(37)35-17-23(32)33)14-13-29(5)20(24(18)31)7-8-22-28(4)15-19(16-34)25(36)27(2,3)21(28)10-11-30(22,29)6/h15,18,20-24H,7-14,17H2,1-6H3,(H,35,37)/t18?,20?,21?,22?,24?,28-,29+,30?,31?/m0/s1. The van der Waals surface area contributed by atoms with Crippen LogP contribution in [0.25, 0.3) is 0 Å². The van der Waals surface area contributed by atoms with E-state index in [0.717, 1.165) is 51.4 Å². The van der Waals surface area contributed by atoms with Gasteiger partial charge in [0.05, 0.1) is 17.5 Å². The average Bonchev–Trinajstić information content (AvgIpc) is 3.18. The third-order valence-electron chi connectivity index (χ3n) is 13.1. The molecule has 5 rings (SSSR count). The van der Waals surface area contributed by atoms with Crippen molar-refractivity contribution in [2.45, 2.75) is 99.3 Å². The number of Topliss-reactive ketones (excluding diaryl/α,β-unsaturated/α-hetero) is 1. The zero-order valence-electron chi connectivity index (χ0n) is 23.4. The summed E-state index contributed by atoms with van der Waals surface area (Å²) in [5.74, 6) is 1.37. The van der Waals surface area contributed by atoms with Gasteiger partial charge >= 0.3 is 0 Å². The zero-order valence-corrected chi connectivity index (χ0v) is 23.4. The van der Waals surface area contributed by atoms with E-state index in [1.54, 1.807) is 0 Å². The van der Waals surface area contributed by atoms with Crippen molar-refractivity contribution in [3.05, 3.63) is 11.6 Å². The summed E-state index contributed by atoms with van der Waals surface area (Å²) in [6.07, 6.45) is 7.00. The molecule has 5 aliphatic carbocycles. The molecule has 1 N–H and O–H groups in total.